The van der Waals surface area contributed by atoms with Crippen LogP contribution in [0.15, 0.2) is 72.8 Å². The van der Waals surface area contributed by atoms with Crippen molar-refractivity contribution in [2.45, 2.75) is 52.0 Å². The van der Waals surface area contributed by atoms with Crippen LogP contribution >= 0.6 is 0 Å². The Bertz CT molecular complexity index is 1010. The third-order valence-corrected chi connectivity index (χ3v) is 5.91. The van der Waals surface area contributed by atoms with Crippen LogP contribution in [0.2, 0.25) is 0 Å². The van der Waals surface area contributed by atoms with Crippen molar-refractivity contribution in [2.24, 2.45) is 0 Å². The van der Waals surface area contributed by atoms with Crippen molar-refractivity contribution in [3.63, 3.8) is 0 Å². The second kappa shape index (κ2) is 12.0. The number of nitrogens with zero attached hydrogens (tertiary/aromatic N) is 1. The van der Waals surface area contributed by atoms with Gasteiger partial charge >= 0.3 is 0 Å². The van der Waals surface area contributed by atoms with Crippen LogP contribution in [0.25, 0.3) is 10.8 Å². The molecule has 0 aliphatic carbocycles. The van der Waals surface area contributed by atoms with Crippen LogP contribution in [0.3, 0.4) is 0 Å². The molecule has 0 saturated carbocycles. The molecule has 0 aliphatic rings. The number of hydrogen-bond donors (Lipinski definition) is 1. The highest BCUT2D eigenvalue weighted by atomic mass is 16.2. The molecular weight excluding hydrogens is 396 g/mol. The zero-order valence-electron chi connectivity index (χ0n) is 19.2. The van der Waals surface area contributed by atoms with Gasteiger partial charge in [0.1, 0.15) is 6.04 Å². The molecule has 2 amide bonds. The van der Waals surface area contributed by atoms with Crippen molar-refractivity contribution >= 4 is 22.6 Å². The first-order valence-electron chi connectivity index (χ1n) is 11.7. The fraction of sp³-hybridized carbons (Fsp3) is 0.357. The van der Waals surface area contributed by atoms with Gasteiger partial charge in [0.05, 0.1) is 0 Å². The van der Waals surface area contributed by atoms with Crippen LogP contribution in [0.1, 0.15) is 44.2 Å². The number of amides is 2. The molecule has 1 atom stereocenters. The van der Waals surface area contributed by atoms with Crippen LogP contribution in [0.4, 0.5) is 0 Å². The van der Waals surface area contributed by atoms with Crippen molar-refractivity contribution in [1.82, 2.24) is 10.2 Å². The van der Waals surface area contributed by atoms with Gasteiger partial charge in [-0.15, -0.1) is 0 Å². The summed E-state index contributed by atoms with van der Waals surface area (Å²) in [6.45, 7) is 5.18. The number of hydrogen-bond acceptors (Lipinski definition) is 2. The van der Waals surface area contributed by atoms with Crippen LogP contribution in [-0.2, 0) is 22.4 Å². The van der Waals surface area contributed by atoms with E-state index in [1.165, 1.54) is 21.9 Å². The molecular formula is C28H34N2O2. The highest BCUT2D eigenvalue weighted by Crippen LogP contribution is 2.20. The van der Waals surface area contributed by atoms with E-state index in [1.807, 2.05) is 50.2 Å². The highest BCUT2D eigenvalue weighted by Gasteiger charge is 2.27. The molecule has 0 radical (unpaired) electrons. The first kappa shape index (κ1) is 23.5. The second-order valence-electron chi connectivity index (χ2n) is 8.18. The molecule has 0 saturated heterocycles. The van der Waals surface area contributed by atoms with E-state index in [-0.39, 0.29) is 11.8 Å². The molecule has 0 heterocycles. The minimum absolute atomic E-state index is 0.0346. The summed E-state index contributed by atoms with van der Waals surface area (Å²) in [6, 6.07) is 24.2. The van der Waals surface area contributed by atoms with Crippen LogP contribution in [0.5, 0.6) is 0 Å². The normalized spacial score (nSPS) is 11.8. The van der Waals surface area contributed by atoms with Gasteiger partial charge in [0, 0.05) is 19.5 Å². The lowest BCUT2D eigenvalue weighted by Gasteiger charge is -2.30. The van der Waals surface area contributed by atoms with Gasteiger partial charge in [-0.1, -0.05) is 86.6 Å². The molecule has 4 nitrogen and oxygen atoms in total. The van der Waals surface area contributed by atoms with E-state index >= 15 is 0 Å². The van der Waals surface area contributed by atoms with Gasteiger partial charge in [0.25, 0.3) is 0 Å². The summed E-state index contributed by atoms with van der Waals surface area (Å²) < 4.78 is 0. The summed E-state index contributed by atoms with van der Waals surface area (Å²) in [5.74, 6) is -0.0201. The molecule has 0 aliphatic heterocycles. The van der Waals surface area contributed by atoms with Crippen molar-refractivity contribution in [1.29, 1.82) is 0 Å². The van der Waals surface area contributed by atoms with Gasteiger partial charge in [-0.25, -0.2) is 0 Å². The third kappa shape index (κ3) is 6.19. The monoisotopic (exact) mass is 430 g/mol. The van der Waals surface area contributed by atoms with Crippen molar-refractivity contribution in [3.05, 3.63) is 83.9 Å². The molecule has 32 heavy (non-hydrogen) atoms. The summed E-state index contributed by atoms with van der Waals surface area (Å²) >= 11 is 0. The molecule has 1 N–H and O–H groups in total. The molecule has 3 aromatic carbocycles. The summed E-state index contributed by atoms with van der Waals surface area (Å²) in [5, 5.41) is 5.35. The van der Waals surface area contributed by atoms with Gasteiger partial charge in [-0.3, -0.25) is 9.59 Å². The molecule has 3 rings (SSSR count). The molecule has 0 aromatic heterocycles. The van der Waals surface area contributed by atoms with Crippen LogP contribution < -0.4 is 5.32 Å². The molecule has 168 valence electrons. The standard InChI is InChI=1S/C28H34N2O2/c1-3-20-29-28(32)26(4-2)30(21-19-22-11-6-5-7-12-22)27(31)18-17-24-15-10-14-23-13-8-9-16-25(23)24/h5-16,26H,3-4,17-21H2,1-2H3,(H,29,32)/t26-/m1/s1. The largest absolute Gasteiger partial charge is 0.354 e. The number of carbonyl (C=O) groups is 2. The summed E-state index contributed by atoms with van der Waals surface area (Å²) in [5.41, 5.74) is 2.34. The lowest BCUT2D eigenvalue weighted by molar-refractivity contribution is -0.140. The lowest BCUT2D eigenvalue weighted by Crippen LogP contribution is -2.50. The third-order valence-electron chi connectivity index (χ3n) is 5.91. The van der Waals surface area contributed by atoms with Gasteiger partial charge in [-0.05, 0) is 47.6 Å². The molecule has 0 unspecified atom stereocenters. The summed E-state index contributed by atoms with van der Waals surface area (Å²) in [4.78, 5) is 28.0. The number of nitrogens with one attached hydrogen (secondary N) is 1. The van der Waals surface area contributed by atoms with E-state index in [0.29, 0.717) is 32.4 Å². The smallest absolute Gasteiger partial charge is 0.242 e. The number of fused-ring (bicyclic) bond motifs is 1. The predicted molar refractivity (Wildman–Crippen MR) is 132 cm³/mol. The lowest BCUT2D eigenvalue weighted by atomic mass is 10.00. The zero-order valence-corrected chi connectivity index (χ0v) is 19.2. The average molecular weight is 431 g/mol. The van der Waals surface area contributed by atoms with Gasteiger partial charge < -0.3 is 10.2 Å². The Morgan fingerprint density at radius 3 is 2.34 bits per heavy atom. The molecule has 3 aromatic rings. The zero-order chi connectivity index (χ0) is 22.8. The molecule has 0 spiro atoms. The fourth-order valence-corrected chi connectivity index (χ4v) is 4.16. The Morgan fingerprint density at radius 1 is 0.875 bits per heavy atom. The van der Waals surface area contributed by atoms with Crippen molar-refractivity contribution < 1.29 is 9.59 Å². The summed E-state index contributed by atoms with van der Waals surface area (Å²) in [6.07, 6.45) is 3.26. The maximum absolute atomic E-state index is 13.4. The van der Waals surface area contributed by atoms with E-state index in [0.717, 1.165) is 12.8 Å². The Labute approximate surface area is 191 Å². The topological polar surface area (TPSA) is 49.4 Å². The number of carbonyl (C=O) groups excluding carboxylic acids is 2. The predicted octanol–water partition coefficient (Wildman–Crippen LogP) is 5.15. The Kier molecular flexibility index (Phi) is 8.85. The SMILES string of the molecule is CCCNC(=O)[C@@H](CC)N(CCc1ccccc1)C(=O)CCc1cccc2ccccc12. The van der Waals surface area contributed by atoms with Crippen LogP contribution in [0, 0.1) is 0 Å². The summed E-state index contributed by atoms with van der Waals surface area (Å²) in [7, 11) is 0. The average Bonchev–Trinajstić information content (AvgIpc) is 2.84. The van der Waals surface area contributed by atoms with Gasteiger partial charge in [-0.2, -0.15) is 0 Å². The maximum atomic E-state index is 13.4. The van der Waals surface area contributed by atoms with E-state index in [2.05, 4.69) is 41.7 Å². The van der Waals surface area contributed by atoms with E-state index in [9.17, 15) is 9.59 Å². The van der Waals surface area contributed by atoms with Crippen LogP contribution in [-0.4, -0.2) is 35.8 Å². The first-order valence-corrected chi connectivity index (χ1v) is 11.7. The first-order chi connectivity index (χ1) is 15.6. The quantitative estimate of drug-likeness (QED) is 0.457. The second-order valence-corrected chi connectivity index (χ2v) is 8.18. The van der Waals surface area contributed by atoms with E-state index in [1.54, 1.807) is 4.90 Å². The van der Waals surface area contributed by atoms with E-state index < -0.39 is 6.04 Å². The number of benzene rings is 3. The van der Waals surface area contributed by atoms with E-state index in [4.69, 9.17) is 0 Å². The van der Waals surface area contributed by atoms with Gasteiger partial charge in [0.2, 0.25) is 11.8 Å². The minimum atomic E-state index is -0.440. The molecule has 0 bridgehead atoms. The highest BCUT2D eigenvalue weighted by molar-refractivity contribution is 5.89. The Hall–Kier alpha value is -3.14. The molecule has 4 heteroatoms. The fourth-order valence-electron chi connectivity index (χ4n) is 4.16. The number of rotatable bonds is 11. The maximum Gasteiger partial charge on any atom is 0.242 e. The minimum Gasteiger partial charge on any atom is -0.354 e. The number of aryl methyl sites for hydroxylation is 1. The Morgan fingerprint density at radius 2 is 1.59 bits per heavy atom. The van der Waals surface area contributed by atoms with Gasteiger partial charge in [0.15, 0.2) is 0 Å². The molecule has 0 fully saturated rings. The Balaban J connectivity index is 1.75. The van der Waals surface area contributed by atoms with Crippen molar-refractivity contribution in [3.8, 4) is 0 Å². The van der Waals surface area contributed by atoms with Crippen molar-refractivity contribution in [2.75, 3.05) is 13.1 Å².